The van der Waals surface area contributed by atoms with E-state index < -0.39 is 36.4 Å². The molecular weight excluding hydrogens is 747 g/mol. The van der Waals surface area contributed by atoms with Gasteiger partial charge in [-0.2, -0.15) is 39.5 Å². The summed E-state index contributed by atoms with van der Waals surface area (Å²) in [5.41, 5.74) is 6.56. The van der Waals surface area contributed by atoms with E-state index in [4.69, 9.17) is 29.7 Å². The Morgan fingerprint density at radius 1 is 0.741 bits per heavy atom. The molecule has 2 atom stereocenters. The van der Waals surface area contributed by atoms with Crippen LogP contribution in [0.3, 0.4) is 0 Å². The van der Waals surface area contributed by atoms with Gasteiger partial charge in [0.15, 0.2) is 0 Å². The number of rotatable bonds is 7. The molecule has 0 unspecified atom stereocenters. The molecule has 5 rings (SSSR count). The normalized spacial score (nSPS) is 16.4. The summed E-state index contributed by atoms with van der Waals surface area (Å²) in [6.45, 7) is 3.79. The minimum absolute atomic E-state index is 0.0551. The molecule has 0 aliphatic carbocycles. The number of fused-ring (bicyclic) bond motifs is 2. The van der Waals surface area contributed by atoms with Crippen LogP contribution < -0.4 is 15.5 Å². The van der Waals surface area contributed by atoms with E-state index >= 15 is 0 Å². The van der Waals surface area contributed by atoms with Gasteiger partial charge in [0.05, 0.1) is 0 Å². The van der Waals surface area contributed by atoms with Gasteiger partial charge in [0.2, 0.25) is 0 Å². The fourth-order valence-electron chi connectivity index (χ4n) is 5.00. The van der Waals surface area contributed by atoms with Crippen LogP contribution >= 0.6 is 0 Å². The smallest absolute Gasteiger partial charge is 0.475 e. The lowest BCUT2D eigenvalue weighted by molar-refractivity contribution is -0.193. The number of anilines is 1. The fourth-order valence-corrected chi connectivity index (χ4v) is 5.00. The average Bonchev–Trinajstić information content (AvgIpc) is 3.71. The molecule has 2 saturated heterocycles. The lowest BCUT2D eigenvalue weighted by Crippen LogP contribution is -2.42. The highest BCUT2D eigenvalue weighted by Crippen LogP contribution is 2.27. The number of hydrogen-bond acceptors (Lipinski definition) is 7. The Labute approximate surface area is 302 Å². The van der Waals surface area contributed by atoms with Crippen molar-refractivity contribution in [2.24, 2.45) is 0 Å². The number of aliphatic carboxylic acids is 3. The fraction of sp³-hybridized carbons (Fsp3) is 0.353. The minimum atomic E-state index is -5.08. The molecule has 1 amide bonds. The first-order chi connectivity index (χ1) is 24.9. The van der Waals surface area contributed by atoms with Gasteiger partial charge in [-0.3, -0.25) is 9.69 Å². The van der Waals surface area contributed by atoms with Crippen LogP contribution in [0.2, 0.25) is 0 Å². The van der Waals surface area contributed by atoms with E-state index in [1.165, 1.54) is 23.1 Å². The van der Waals surface area contributed by atoms with Crippen molar-refractivity contribution < 1.29 is 74.0 Å². The van der Waals surface area contributed by atoms with E-state index in [-0.39, 0.29) is 5.91 Å². The predicted molar refractivity (Wildman–Crippen MR) is 175 cm³/mol. The van der Waals surface area contributed by atoms with Gasteiger partial charge in [-0.05, 0) is 59.0 Å². The van der Waals surface area contributed by atoms with Gasteiger partial charge < -0.3 is 30.9 Å². The summed E-state index contributed by atoms with van der Waals surface area (Å²) in [7, 11) is 3.95. The molecule has 296 valence electrons. The number of benzene rings is 3. The number of amides is 1. The largest absolute Gasteiger partial charge is 0.490 e. The molecule has 54 heavy (non-hydrogen) atoms. The zero-order valence-electron chi connectivity index (χ0n) is 28.4. The van der Waals surface area contributed by atoms with Crippen LogP contribution in [0.15, 0.2) is 72.8 Å². The molecule has 20 heteroatoms. The van der Waals surface area contributed by atoms with Crippen molar-refractivity contribution in [2.75, 3.05) is 32.1 Å². The molecule has 2 aliphatic heterocycles. The quantitative estimate of drug-likeness (QED) is 0.186. The van der Waals surface area contributed by atoms with Gasteiger partial charge in [-0.25, -0.2) is 14.4 Å². The van der Waals surface area contributed by atoms with Gasteiger partial charge in [0, 0.05) is 63.6 Å². The SMILES string of the molecule is CN(C)c1cccc(C(=O)NCc2cccc(-c3cccc(CN4C[C@@H]5C[C@H]4CN5)c3)c2)c1.O=C(O)C(F)(F)F.O=C(O)C(F)(F)F.O=C(O)C(F)(F)F. The van der Waals surface area contributed by atoms with Crippen molar-refractivity contribution in [3.8, 4) is 11.1 Å². The van der Waals surface area contributed by atoms with Crippen molar-refractivity contribution in [1.82, 2.24) is 15.5 Å². The summed E-state index contributed by atoms with van der Waals surface area (Å²) in [4.78, 5) is 44.0. The highest BCUT2D eigenvalue weighted by Gasteiger charge is 2.40. The number of carbonyl (C=O) groups excluding carboxylic acids is 1. The van der Waals surface area contributed by atoms with E-state index in [9.17, 15) is 44.3 Å². The third-order valence-electron chi connectivity index (χ3n) is 7.55. The Kier molecular flexibility index (Phi) is 15.8. The average molecular weight is 783 g/mol. The maximum absolute atomic E-state index is 12.7. The molecule has 2 bridgehead atoms. The molecule has 2 aliphatic rings. The zero-order valence-corrected chi connectivity index (χ0v) is 28.4. The number of likely N-dealkylation sites (tertiary alicyclic amines) is 1. The number of carboxylic acids is 3. The predicted octanol–water partition coefficient (Wildman–Crippen LogP) is 5.80. The summed E-state index contributed by atoms with van der Waals surface area (Å²) in [6.07, 6.45) is -14.0. The van der Waals surface area contributed by atoms with Crippen molar-refractivity contribution in [3.63, 3.8) is 0 Å². The van der Waals surface area contributed by atoms with Crippen LogP contribution in [0.4, 0.5) is 45.2 Å². The van der Waals surface area contributed by atoms with Crippen molar-refractivity contribution >= 4 is 29.5 Å². The highest BCUT2D eigenvalue weighted by molar-refractivity contribution is 5.95. The van der Waals surface area contributed by atoms with Crippen molar-refractivity contribution in [3.05, 3.63) is 89.5 Å². The first-order valence-electron chi connectivity index (χ1n) is 15.5. The molecule has 0 aromatic heterocycles. The van der Waals surface area contributed by atoms with Crippen LogP contribution in [0.1, 0.15) is 27.9 Å². The molecular formula is C34H35F9N4O7. The molecule has 0 radical (unpaired) electrons. The van der Waals surface area contributed by atoms with Gasteiger partial charge in [0.25, 0.3) is 5.91 Å². The van der Waals surface area contributed by atoms with Gasteiger partial charge >= 0.3 is 36.4 Å². The summed E-state index contributed by atoms with van der Waals surface area (Å²) in [5.74, 6) is -8.33. The second kappa shape index (κ2) is 19.1. The van der Waals surface area contributed by atoms with Crippen LogP contribution in [0.5, 0.6) is 0 Å². The Hall–Kier alpha value is -5.37. The van der Waals surface area contributed by atoms with Crippen LogP contribution in [0.25, 0.3) is 11.1 Å². The second-order valence-electron chi connectivity index (χ2n) is 11.9. The first kappa shape index (κ1) is 44.8. The maximum atomic E-state index is 12.7. The summed E-state index contributed by atoms with van der Waals surface area (Å²) < 4.78 is 95.2. The van der Waals surface area contributed by atoms with Gasteiger partial charge in [-0.1, -0.05) is 42.5 Å². The number of piperazine rings is 1. The molecule has 3 aromatic carbocycles. The van der Waals surface area contributed by atoms with Crippen LogP contribution in [-0.4, -0.2) is 102 Å². The second-order valence-corrected chi connectivity index (χ2v) is 11.9. The number of carbonyl (C=O) groups is 4. The molecule has 0 spiro atoms. The first-order valence-corrected chi connectivity index (χ1v) is 15.5. The van der Waals surface area contributed by atoms with E-state index in [1.807, 2.05) is 43.3 Å². The topological polar surface area (TPSA) is 160 Å². The standard InChI is InChI=1S/C28H32N4O.3C2HF3O2/c1-31(2)26-11-5-10-24(14-26)28(33)30-16-20-6-3-8-22(12-20)23-9-4-7-21(13-23)18-32-19-25-15-27(32)17-29-25;3*3-2(4,5)1(6)7/h3-14,25,27,29H,15-19H2,1-2H3,(H,30,33);3*(H,6,7)/t25-,27-;;;/m0.../s1. The van der Waals surface area contributed by atoms with Gasteiger partial charge in [-0.15, -0.1) is 0 Å². The number of carboxylic acid groups (broad SMARTS) is 3. The Morgan fingerprint density at radius 3 is 1.63 bits per heavy atom. The van der Waals surface area contributed by atoms with E-state index in [2.05, 4.69) is 64.1 Å². The van der Waals surface area contributed by atoms with E-state index in [0.29, 0.717) is 24.2 Å². The van der Waals surface area contributed by atoms with Crippen LogP contribution in [0, 0.1) is 0 Å². The summed E-state index contributed by atoms with van der Waals surface area (Å²) in [5, 5.41) is 28.0. The maximum Gasteiger partial charge on any atom is 0.490 e. The van der Waals surface area contributed by atoms with Crippen LogP contribution in [-0.2, 0) is 27.5 Å². The number of halogens is 9. The zero-order chi connectivity index (χ0) is 41.0. The molecule has 2 heterocycles. The number of hydrogen-bond donors (Lipinski definition) is 5. The number of nitrogens with zero attached hydrogens (tertiary/aromatic N) is 2. The van der Waals surface area contributed by atoms with Crippen molar-refractivity contribution in [2.45, 2.75) is 50.1 Å². The molecule has 2 fully saturated rings. The molecule has 3 aromatic rings. The summed E-state index contributed by atoms with van der Waals surface area (Å²) >= 11 is 0. The molecule has 5 N–H and O–H groups in total. The highest BCUT2D eigenvalue weighted by atomic mass is 19.4. The van der Waals surface area contributed by atoms with E-state index in [0.717, 1.165) is 30.9 Å². The number of alkyl halides is 9. The third-order valence-corrected chi connectivity index (χ3v) is 7.55. The molecule has 0 saturated carbocycles. The Morgan fingerprint density at radius 2 is 1.20 bits per heavy atom. The lowest BCUT2D eigenvalue weighted by Gasteiger charge is -2.27. The third kappa shape index (κ3) is 14.9. The lowest BCUT2D eigenvalue weighted by atomic mass is 10.0. The van der Waals surface area contributed by atoms with Gasteiger partial charge in [0.1, 0.15) is 0 Å². The minimum Gasteiger partial charge on any atom is -0.475 e. The van der Waals surface area contributed by atoms with E-state index in [1.54, 1.807) is 0 Å². The summed E-state index contributed by atoms with van der Waals surface area (Å²) in [6, 6.07) is 26.4. The monoisotopic (exact) mass is 782 g/mol. The Balaban J connectivity index is 0.000000393. The molecule has 11 nitrogen and oxygen atoms in total. The number of nitrogens with one attached hydrogen (secondary N) is 2. The van der Waals surface area contributed by atoms with Crippen molar-refractivity contribution in [1.29, 1.82) is 0 Å². The Bertz CT molecular complexity index is 1690.